The second-order valence-electron chi connectivity index (χ2n) is 13.7. The summed E-state index contributed by atoms with van der Waals surface area (Å²) in [6.07, 6.45) is 33.1. The Bertz CT molecular complexity index is 2260. The average molecular weight is 651 g/mol. The quantitative estimate of drug-likeness (QED) is 0.207. The number of allylic oxidation sites excluding steroid dienone is 11. The van der Waals surface area contributed by atoms with Gasteiger partial charge in [-0.25, -0.2) is 4.98 Å². The Morgan fingerprint density at radius 1 is 0.880 bits per heavy atom. The summed E-state index contributed by atoms with van der Waals surface area (Å²) in [5.41, 5.74) is 11.6. The molecule has 3 aliphatic carbocycles. The number of hydrogen-bond acceptors (Lipinski definition) is 4. The third kappa shape index (κ3) is 6.18. The van der Waals surface area contributed by atoms with Crippen molar-refractivity contribution < 1.29 is 0 Å². The molecule has 2 aromatic heterocycles. The van der Waals surface area contributed by atoms with Crippen molar-refractivity contribution in [2.45, 2.75) is 38.6 Å². The summed E-state index contributed by atoms with van der Waals surface area (Å²) in [6.45, 7) is 2.35. The van der Waals surface area contributed by atoms with Crippen LogP contribution in [-0.2, 0) is 6.42 Å². The van der Waals surface area contributed by atoms with Crippen molar-refractivity contribution in [2.75, 3.05) is 12.4 Å². The van der Waals surface area contributed by atoms with E-state index in [2.05, 4.69) is 133 Å². The van der Waals surface area contributed by atoms with E-state index in [-0.39, 0.29) is 11.5 Å². The van der Waals surface area contributed by atoms with Gasteiger partial charge in [0.2, 0.25) is 0 Å². The lowest BCUT2D eigenvalue weighted by molar-refractivity contribution is 0.522. The van der Waals surface area contributed by atoms with E-state index in [1.165, 1.54) is 27.5 Å². The summed E-state index contributed by atoms with van der Waals surface area (Å²) in [4.78, 5) is 14.7. The predicted molar refractivity (Wildman–Crippen MR) is 208 cm³/mol. The molecule has 1 aliphatic heterocycles. The lowest BCUT2D eigenvalue weighted by atomic mass is 9.72. The van der Waals surface area contributed by atoms with Crippen LogP contribution in [0.2, 0.25) is 0 Å². The van der Waals surface area contributed by atoms with E-state index in [1.54, 1.807) is 6.20 Å². The molecule has 4 nitrogen and oxygen atoms in total. The zero-order chi connectivity index (χ0) is 33.9. The van der Waals surface area contributed by atoms with Gasteiger partial charge in [-0.2, -0.15) is 0 Å². The van der Waals surface area contributed by atoms with Crippen LogP contribution >= 0.6 is 0 Å². The van der Waals surface area contributed by atoms with Crippen LogP contribution in [0.5, 0.6) is 0 Å². The first-order chi connectivity index (χ1) is 24.6. The molecule has 246 valence electrons. The average Bonchev–Trinajstić information content (AvgIpc) is 3.18. The zero-order valence-electron chi connectivity index (χ0n) is 28.8. The molecule has 0 saturated heterocycles. The zero-order valence-corrected chi connectivity index (χ0v) is 28.8. The minimum absolute atomic E-state index is 0.0717. The van der Waals surface area contributed by atoms with E-state index in [0.29, 0.717) is 5.92 Å². The summed E-state index contributed by atoms with van der Waals surface area (Å²) < 4.78 is 0. The van der Waals surface area contributed by atoms with Gasteiger partial charge in [0.15, 0.2) is 0 Å². The van der Waals surface area contributed by atoms with Crippen molar-refractivity contribution in [3.05, 3.63) is 179 Å². The maximum atomic E-state index is 5.37. The molecular weight excluding hydrogens is 609 g/mol. The number of fused-ring (bicyclic) bond motifs is 2. The highest BCUT2D eigenvalue weighted by molar-refractivity contribution is 5.76. The molecule has 0 spiro atoms. The molecular formula is C46H42N4. The second kappa shape index (κ2) is 13.7. The van der Waals surface area contributed by atoms with Crippen molar-refractivity contribution in [2.24, 2.45) is 16.3 Å². The molecule has 50 heavy (non-hydrogen) atoms. The smallest absolute Gasteiger partial charge is 0.0894 e. The highest BCUT2D eigenvalue weighted by atomic mass is 14.9. The molecule has 0 amide bonds. The van der Waals surface area contributed by atoms with Gasteiger partial charge in [0.05, 0.1) is 34.2 Å². The van der Waals surface area contributed by atoms with Gasteiger partial charge in [-0.05, 0) is 77.8 Å². The van der Waals surface area contributed by atoms with E-state index >= 15 is 0 Å². The highest BCUT2D eigenvalue weighted by Gasteiger charge is 2.31. The fourth-order valence-electron chi connectivity index (χ4n) is 7.68. The van der Waals surface area contributed by atoms with Crippen molar-refractivity contribution in [1.82, 2.24) is 9.97 Å². The SMILES string of the molecule is CNc1c(/C=C\Cc2ccc(-c3cccc(-c4ccccn4)n3)cc2)ccc2c1=N[C@H]1CC=CC=C1C=2C1C=CC([C@@]2(C)C=CC=CC2)=CC1. The van der Waals surface area contributed by atoms with Crippen LogP contribution in [0, 0.1) is 11.3 Å². The molecule has 8 rings (SSSR count). The molecule has 4 heteroatoms. The molecule has 3 heterocycles. The first-order valence-corrected chi connectivity index (χ1v) is 17.8. The number of pyridine rings is 2. The monoisotopic (exact) mass is 650 g/mol. The van der Waals surface area contributed by atoms with Gasteiger partial charge in [0, 0.05) is 35.4 Å². The number of rotatable bonds is 8. The van der Waals surface area contributed by atoms with Crippen LogP contribution in [0.4, 0.5) is 5.69 Å². The Labute approximate surface area is 295 Å². The van der Waals surface area contributed by atoms with E-state index in [1.807, 2.05) is 37.4 Å². The van der Waals surface area contributed by atoms with Crippen LogP contribution in [-0.4, -0.2) is 23.1 Å². The minimum Gasteiger partial charge on any atom is -0.386 e. The number of nitrogens with one attached hydrogen (secondary N) is 1. The summed E-state index contributed by atoms with van der Waals surface area (Å²) in [7, 11) is 2.02. The van der Waals surface area contributed by atoms with E-state index in [9.17, 15) is 0 Å². The molecule has 1 unspecified atom stereocenters. The molecule has 0 radical (unpaired) electrons. The van der Waals surface area contributed by atoms with Crippen LogP contribution in [0.1, 0.15) is 37.3 Å². The molecule has 0 bridgehead atoms. The maximum Gasteiger partial charge on any atom is 0.0894 e. The molecule has 0 fully saturated rings. The number of aromatic nitrogens is 2. The largest absolute Gasteiger partial charge is 0.386 e. The number of anilines is 1. The molecule has 3 atom stereocenters. The van der Waals surface area contributed by atoms with Crippen molar-refractivity contribution >= 4 is 17.3 Å². The third-order valence-corrected chi connectivity index (χ3v) is 10.4. The van der Waals surface area contributed by atoms with Crippen LogP contribution in [0.25, 0.3) is 34.3 Å². The predicted octanol–water partition coefficient (Wildman–Crippen LogP) is 9.17. The third-order valence-electron chi connectivity index (χ3n) is 10.4. The standard InChI is InChI=1S/C46H42N4/c1-46(29-7-3-8-30-46)36-26-23-34(24-27-36)43-37-14-4-5-15-40(37)50-45-38(43)28-25-35(44(45)47-2)13-10-12-32-19-21-33(22-20-32)39-17-11-18-42(49-39)41-16-6-9-31-48-41/h3-11,13-14,16-23,25-29,31,34,40,47H,12,15,24,30H2,1-2H3/b13-10-/t34?,40-,46-/m0/s1. The summed E-state index contributed by atoms with van der Waals surface area (Å²) in [5, 5.41) is 5.87. The topological polar surface area (TPSA) is 50.2 Å². The Kier molecular flexibility index (Phi) is 8.68. The Hall–Kier alpha value is -5.61. The number of nitrogens with zero attached hydrogens (tertiary/aromatic N) is 3. The van der Waals surface area contributed by atoms with Gasteiger partial charge < -0.3 is 5.32 Å². The Balaban J connectivity index is 1.05. The van der Waals surface area contributed by atoms with Gasteiger partial charge in [0.1, 0.15) is 0 Å². The molecule has 1 N–H and O–H groups in total. The second-order valence-corrected chi connectivity index (χ2v) is 13.7. The first-order valence-electron chi connectivity index (χ1n) is 17.8. The summed E-state index contributed by atoms with van der Waals surface area (Å²) >= 11 is 0. The fraction of sp³-hybridized carbons (Fsp3) is 0.196. The maximum absolute atomic E-state index is 5.37. The summed E-state index contributed by atoms with van der Waals surface area (Å²) in [6, 6.07) is 25.4. The van der Waals surface area contributed by atoms with Crippen molar-refractivity contribution in [3.63, 3.8) is 0 Å². The number of benzene rings is 2. The molecule has 4 aromatic rings. The lowest BCUT2D eigenvalue weighted by Crippen LogP contribution is -2.40. The number of hydrogen-bond donors (Lipinski definition) is 1. The molecule has 4 aliphatic rings. The normalized spacial score (nSPS) is 22.1. The lowest BCUT2D eigenvalue weighted by Gasteiger charge is -2.33. The fourth-order valence-corrected chi connectivity index (χ4v) is 7.68. The van der Waals surface area contributed by atoms with Crippen molar-refractivity contribution in [1.29, 1.82) is 0 Å². The van der Waals surface area contributed by atoms with Gasteiger partial charge in [-0.1, -0.05) is 128 Å². The van der Waals surface area contributed by atoms with Crippen LogP contribution < -0.4 is 15.9 Å². The minimum atomic E-state index is 0.0717. The van der Waals surface area contributed by atoms with Crippen molar-refractivity contribution in [3.8, 4) is 22.6 Å². The van der Waals surface area contributed by atoms with Crippen LogP contribution in [0.3, 0.4) is 0 Å². The summed E-state index contributed by atoms with van der Waals surface area (Å²) in [5.74, 6) is 0.321. The van der Waals surface area contributed by atoms with E-state index in [4.69, 9.17) is 9.98 Å². The highest BCUT2D eigenvalue weighted by Crippen LogP contribution is 2.41. The van der Waals surface area contributed by atoms with Gasteiger partial charge in [-0.3, -0.25) is 9.98 Å². The van der Waals surface area contributed by atoms with Gasteiger partial charge >= 0.3 is 0 Å². The van der Waals surface area contributed by atoms with Gasteiger partial charge in [-0.15, -0.1) is 0 Å². The molecule has 0 saturated carbocycles. The Morgan fingerprint density at radius 2 is 1.76 bits per heavy atom. The van der Waals surface area contributed by atoms with Crippen LogP contribution in [0.15, 0.2) is 162 Å². The molecule has 2 aromatic carbocycles. The first kappa shape index (κ1) is 31.6. The van der Waals surface area contributed by atoms with Gasteiger partial charge in [0.25, 0.3) is 0 Å². The van der Waals surface area contributed by atoms with E-state index < -0.39 is 0 Å². The Morgan fingerprint density at radius 3 is 2.54 bits per heavy atom. The van der Waals surface area contributed by atoms with E-state index in [0.717, 1.165) is 64.9 Å².